The number of urea groups is 1. The number of aromatic nitrogens is 3. The SMILES string of the molecule is CCn1cnnc1CNC(=O)NCC(C)N(C)c1ccccc1. The molecular formula is C16H24N6O. The molecule has 23 heavy (non-hydrogen) atoms. The van der Waals surface area contributed by atoms with Gasteiger partial charge in [-0.15, -0.1) is 10.2 Å². The zero-order chi connectivity index (χ0) is 16.7. The molecule has 7 heteroatoms. The minimum absolute atomic E-state index is 0.183. The highest BCUT2D eigenvalue weighted by Crippen LogP contribution is 2.13. The Bertz CT molecular complexity index is 612. The number of nitrogens with zero attached hydrogens (tertiary/aromatic N) is 4. The Kier molecular flexibility index (Phi) is 5.96. The zero-order valence-electron chi connectivity index (χ0n) is 13.9. The highest BCUT2D eigenvalue weighted by atomic mass is 16.2. The lowest BCUT2D eigenvalue weighted by Gasteiger charge is -2.27. The first-order valence-electron chi connectivity index (χ1n) is 7.78. The van der Waals surface area contributed by atoms with Crippen LogP contribution in [0.15, 0.2) is 36.7 Å². The molecule has 0 saturated carbocycles. The van der Waals surface area contributed by atoms with Gasteiger partial charge in [0.05, 0.1) is 6.54 Å². The Balaban J connectivity index is 1.75. The number of rotatable bonds is 7. The molecule has 124 valence electrons. The van der Waals surface area contributed by atoms with Crippen LogP contribution in [-0.4, -0.2) is 40.4 Å². The van der Waals surface area contributed by atoms with E-state index in [0.29, 0.717) is 13.1 Å². The van der Waals surface area contributed by atoms with Crippen molar-refractivity contribution in [3.63, 3.8) is 0 Å². The number of likely N-dealkylation sites (N-methyl/N-ethyl adjacent to an activating group) is 1. The van der Waals surface area contributed by atoms with Gasteiger partial charge in [0.1, 0.15) is 6.33 Å². The number of para-hydroxylation sites is 1. The van der Waals surface area contributed by atoms with Gasteiger partial charge in [-0.2, -0.15) is 0 Å². The number of hydrogen-bond donors (Lipinski definition) is 2. The van der Waals surface area contributed by atoms with Gasteiger partial charge in [-0.25, -0.2) is 4.79 Å². The van der Waals surface area contributed by atoms with Crippen LogP contribution >= 0.6 is 0 Å². The quantitative estimate of drug-likeness (QED) is 0.814. The summed E-state index contributed by atoms with van der Waals surface area (Å²) in [7, 11) is 2.02. The molecule has 1 aromatic heterocycles. The average Bonchev–Trinajstić information content (AvgIpc) is 3.05. The average molecular weight is 316 g/mol. The maximum absolute atomic E-state index is 11.9. The van der Waals surface area contributed by atoms with Crippen molar-refractivity contribution in [2.24, 2.45) is 0 Å². The monoisotopic (exact) mass is 316 g/mol. The van der Waals surface area contributed by atoms with Crippen molar-refractivity contribution >= 4 is 11.7 Å². The largest absolute Gasteiger partial charge is 0.370 e. The number of benzene rings is 1. The summed E-state index contributed by atoms with van der Waals surface area (Å²) < 4.78 is 1.89. The predicted octanol–water partition coefficient (Wildman–Crippen LogP) is 1.62. The van der Waals surface area contributed by atoms with Crippen LogP contribution in [0.2, 0.25) is 0 Å². The van der Waals surface area contributed by atoms with Gasteiger partial charge in [-0.3, -0.25) is 0 Å². The molecular weight excluding hydrogens is 292 g/mol. The molecule has 0 radical (unpaired) electrons. The van der Waals surface area contributed by atoms with Crippen molar-refractivity contribution in [3.8, 4) is 0 Å². The van der Waals surface area contributed by atoms with E-state index < -0.39 is 0 Å². The summed E-state index contributed by atoms with van der Waals surface area (Å²) in [5.41, 5.74) is 1.12. The summed E-state index contributed by atoms with van der Waals surface area (Å²) in [6.07, 6.45) is 1.66. The Morgan fingerprint density at radius 2 is 2.04 bits per heavy atom. The summed E-state index contributed by atoms with van der Waals surface area (Å²) in [6, 6.07) is 10.1. The van der Waals surface area contributed by atoms with Gasteiger partial charge in [-0.1, -0.05) is 18.2 Å². The molecule has 0 aliphatic rings. The Hall–Kier alpha value is -2.57. The Labute approximate surface area is 136 Å². The van der Waals surface area contributed by atoms with E-state index in [9.17, 15) is 4.79 Å². The first-order valence-corrected chi connectivity index (χ1v) is 7.78. The second-order valence-corrected chi connectivity index (χ2v) is 5.39. The molecule has 0 aliphatic heterocycles. The first-order chi connectivity index (χ1) is 11.1. The Morgan fingerprint density at radius 1 is 1.30 bits per heavy atom. The lowest BCUT2D eigenvalue weighted by atomic mass is 10.2. The molecule has 0 fully saturated rings. The van der Waals surface area contributed by atoms with Gasteiger partial charge in [-0.05, 0) is 26.0 Å². The number of nitrogens with one attached hydrogen (secondary N) is 2. The van der Waals surface area contributed by atoms with E-state index in [2.05, 4.69) is 32.7 Å². The number of carbonyl (C=O) groups excluding carboxylic acids is 1. The summed E-state index contributed by atoms with van der Waals surface area (Å²) >= 11 is 0. The van der Waals surface area contributed by atoms with Crippen molar-refractivity contribution in [1.82, 2.24) is 25.4 Å². The maximum atomic E-state index is 11.9. The van der Waals surface area contributed by atoms with Crippen LogP contribution in [0.5, 0.6) is 0 Å². The molecule has 2 rings (SSSR count). The van der Waals surface area contributed by atoms with Gasteiger partial charge in [0.2, 0.25) is 0 Å². The number of hydrogen-bond acceptors (Lipinski definition) is 4. The lowest BCUT2D eigenvalue weighted by molar-refractivity contribution is 0.239. The highest BCUT2D eigenvalue weighted by Gasteiger charge is 2.11. The number of amides is 2. The predicted molar refractivity (Wildman–Crippen MR) is 90.2 cm³/mol. The van der Waals surface area contributed by atoms with Gasteiger partial charge in [0, 0.05) is 31.9 Å². The van der Waals surface area contributed by atoms with Gasteiger partial charge in [0.25, 0.3) is 0 Å². The van der Waals surface area contributed by atoms with E-state index in [0.717, 1.165) is 18.1 Å². The van der Waals surface area contributed by atoms with Gasteiger partial charge in [0.15, 0.2) is 5.82 Å². The van der Waals surface area contributed by atoms with Gasteiger partial charge >= 0.3 is 6.03 Å². The second-order valence-electron chi connectivity index (χ2n) is 5.39. The third kappa shape index (κ3) is 4.70. The molecule has 1 unspecified atom stereocenters. The standard InChI is InChI=1S/C16H24N6O/c1-4-22-12-19-20-15(22)11-18-16(23)17-10-13(2)21(3)14-8-6-5-7-9-14/h5-9,12-13H,4,10-11H2,1-3H3,(H2,17,18,23). The van der Waals surface area contributed by atoms with E-state index >= 15 is 0 Å². The van der Waals surface area contributed by atoms with E-state index in [1.165, 1.54) is 0 Å². The maximum Gasteiger partial charge on any atom is 0.315 e. The van der Waals surface area contributed by atoms with E-state index in [1.807, 2.05) is 48.9 Å². The van der Waals surface area contributed by atoms with Crippen LogP contribution in [0.25, 0.3) is 0 Å². The minimum atomic E-state index is -0.205. The fraction of sp³-hybridized carbons (Fsp3) is 0.438. The van der Waals surface area contributed by atoms with Crippen LogP contribution in [-0.2, 0) is 13.1 Å². The van der Waals surface area contributed by atoms with Crippen LogP contribution < -0.4 is 15.5 Å². The van der Waals surface area contributed by atoms with Crippen LogP contribution in [0.1, 0.15) is 19.7 Å². The van der Waals surface area contributed by atoms with E-state index in [-0.39, 0.29) is 12.1 Å². The molecule has 1 atom stereocenters. The van der Waals surface area contributed by atoms with E-state index in [4.69, 9.17) is 0 Å². The fourth-order valence-corrected chi connectivity index (χ4v) is 2.20. The fourth-order valence-electron chi connectivity index (χ4n) is 2.20. The third-order valence-corrected chi connectivity index (χ3v) is 3.83. The molecule has 7 nitrogen and oxygen atoms in total. The molecule has 1 heterocycles. The summed E-state index contributed by atoms with van der Waals surface area (Å²) in [4.78, 5) is 14.0. The van der Waals surface area contributed by atoms with Crippen molar-refractivity contribution in [3.05, 3.63) is 42.5 Å². The number of aryl methyl sites for hydroxylation is 1. The summed E-state index contributed by atoms with van der Waals surface area (Å²) in [5, 5.41) is 13.5. The van der Waals surface area contributed by atoms with Crippen molar-refractivity contribution in [2.45, 2.75) is 33.0 Å². The highest BCUT2D eigenvalue weighted by molar-refractivity contribution is 5.73. The third-order valence-electron chi connectivity index (χ3n) is 3.83. The molecule has 1 aromatic carbocycles. The summed E-state index contributed by atoms with van der Waals surface area (Å²) in [5.74, 6) is 0.747. The lowest BCUT2D eigenvalue weighted by Crippen LogP contribution is -2.44. The topological polar surface area (TPSA) is 75.1 Å². The molecule has 2 aromatic rings. The number of carbonyl (C=O) groups is 1. The molecule has 0 saturated heterocycles. The van der Waals surface area contributed by atoms with Crippen molar-refractivity contribution in [2.75, 3.05) is 18.5 Å². The first kappa shape index (κ1) is 16.8. The summed E-state index contributed by atoms with van der Waals surface area (Å²) in [6.45, 7) is 5.78. The van der Waals surface area contributed by atoms with Gasteiger partial charge < -0.3 is 20.1 Å². The molecule has 0 aliphatic carbocycles. The molecule has 0 bridgehead atoms. The molecule has 2 amide bonds. The van der Waals surface area contributed by atoms with Crippen LogP contribution in [0, 0.1) is 0 Å². The van der Waals surface area contributed by atoms with Crippen molar-refractivity contribution < 1.29 is 4.79 Å². The number of anilines is 1. The Morgan fingerprint density at radius 3 is 2.74 bits per heavy atom. The molecule has 0 spiro atoms. The van der Waals surface area contributed by atoms with Crippen LogP contribution in [0.4, 0.5) is 10.5 Å². The molecule has 2 N–H and O–H groups in total. The van der Waals surface area contributed by atoms with Crippen LogP contribution in [0.3, 0.4) is 0 Å². The second kappa shape index (κ2) is 8.17. The van der Waals surface area contributed by atoms with Crippen molar-refractivity contribution in [1.29, 1.82) is 0 Å². The smallest absolute Gasteiger partial charge is 0.315 e. The normalized spacial score (nSPS) is 11.8. The van der Waals surface area contributed by atoms with E-state index in [1.54, 1.807) is 6.33 Å². The minimum Gasteiger partial charge on any atom is -0.370 e. The zero-order valence-corrected chi connectivity index (χ0v) is 13.9.